The highest BCUT2D eigenvalue weighted by molar-refractivity contribution is 6.30. The van der Waals surface area contributed by atoms with Crippen LogP contribution in [-0.2, 0) is 14.3 Å². The van der Waals surface area contributed by atoms with Gasteiger partial charge in [-0.25, -0.2) is 4.79 Å². The third-order valence-electron chi connectivity index (χ3n) is 6.52. The highest BCUT2D eigenvalue weighted by Gasteiger charge is 2.45. The molecule has 2 N–H and O–H groups in total. The van der Waals surface area contributed by atoms with E-state index in [0.29, 0.717) is 56.5 Å². The first-order chi connectivity index (χ1) is 16.5. The van der Waals surface area contributed by atoms with Crippen molar-refractivity contribution in [3.63, 3.8) is 0 Å². The second kappa shape index (κ2) is 11.7. The van der Waals surface area contributed by atoms with E-state index in [0.717, 1.165) is 18.5 Å². The molecule has 0 bridgehead atoms. The molecule has 2 aliphatic heterocycles. The van der Waals surface area contributed by atoms with E-state index < -0.39 is 11.1 Å². The first-order valence-corrected chi connectivity index (χ1v) is 13.1. The number of hydrogen-bond acceptors (Lipinski definition) is 5. The molecule has 194 valence electrons. The van der Waals surface area contributed by atoms with E-state index in [2.05, 4.69) is 10.6 Å². The fraction of sp³-hybridized carbons (Fsp3) is 0.640. The summed E-state index contributed by atoms with van der Waals surface area (Å²) in [5.41, 5.74) is -0.588. The molecule has 10 heteroatoms. The van der Waals surface area contributed by atoms with Gasteiger partial charge in [-0.3, -0.25) is 9.59 Å². The number of nitrogens with one attached hydrogen (secondary N) is 2. The molecule has 3 rings (SSSR count). The van der Waals surface area contributed by atoms with Gasteiger partial charge in [-0.2, -0.15) is 0 Å². The number of rotatable bonds is 6. The number of halogens is 2. The van der Waals surface area contributed by atoms with Crippen molar-refractivity contribution in [1.82, 2.24) is 15.1 Å². The van der Waals surface area contributed by atoms with E-state index >= 15 is 0 Å². The zero-order valence-electron chi connectivity index (χ0n) is 20.7. The minimum atomic E-state index is -0.827. The van der Waals surface area contributed by atoms with Gasteiger partial charge in [0.2, 0.25) is 11.8 Å². The normalized spacial score (nSPS) is 18.7. The molecule has 1 aromatic rings. The fourth-order valence-electron chi connectivity index (χ4n) is 4.55. The van der Waals surface area contributed by atoms with E-state index in [1.54, 1.807) is 17.0 Å². The molecule has 35 heavy (non-hydrogen) atoms. The predicted octanol–water partition coefficient (Wildman–Crippen LogP) is 4.12. The van der Waals surface area contributed by atoms with Crippen molar-refractivity contribution in [3.05, 3.63) is 29.3 Å². The first kappa shape index (κ1) is 27.4. The second-order valence-electron chi connectivity index (χ2n) is 10.4. The molecular weight excluding hydrogens is 491 g/mol. The maximum atomic E-state index is 13.9. The van der Waals surface area contributed by atoms with Crippen LogP contribution in [0.5, 0.6) is 0 Å². The second-order valence-corrected chi connectivity index (χ2v) is 11.1. The lowest BCUT2D eigenvalue weighted by Gasteiger charge is -2.45. The van der Waals surface area contributed by atoms with Gasteiger partial charge in [-0.05, 0) is 76.6 Å². The van der Waals surface area contributed by atoms with E-state index in [4.69, 9.17) is 27.9 Å². The van der Waals surface area contributed by atoms with Crippen molar-refractivity contribution in [2.75, 3.05) is 43.9 Å². The number of benzene rings is 1. The summed E-state index contributed by atoms with van der Waals surface area (Å²) < 4.78 is 5.53. The van der Waals surface area contributed by atoms with Crippen LogP contribution in [0.25, 0.3) is 0 Å². The average Bonchev–Trinajstić information content (AvgIpc) is 2.83. The number of ether oxygens (including phenoxy) is 1. The van der Waals surface area contributed by atoms with Crippen molar-refractivity contribution in [2.24, 2.45) is 5.92 Å². The quantitative estimate of drug-likeness (QED) is 0.544. The Balaban J connectivity index is 1.68. The zero-order valence-corrected chi connectivity index (χ0v) is 22.3. The summed E-state index contributed by atoms with van der Waals surface area (Å²) >= 11 is 11.6. The summed E-state index contributed by atoms with van der Waals surface area (Å²) in [6, 6.07) is 7.31. The Morgan fingerprint density at radius 3 is 2.17 bits per heavy atom. The predicted molar refractivity (Wildman–Crippen MR) is 138 cm³/mol. The summed E-state index contributed by atoms with van der Waals surface area (Å²) in [4.78, 5) is 41.5. The molecule has 1 aromatic carbocycles. The van der Waals surface area contributed by atoms with Crippen LogP contribution < -0.4 is 10.6 Å². The number of piperidine rings is 2. The summed E-state index contributed by atoms with van der Waals surface area (Å²) in [7, 11) is 0. The number of hydrogen-bond donors (Lipinski definition) is 2. The molecule has 2 fully saturated rings. The van der Waals surface area contributed by atoms with Gasteiger partial charge in [0, 0.05) is 43.4 Å². The molecule has 0 radical (unpaired) electrons. The number of anilines is 1. The lowest BCUT2D eigenvalue weighted by molar-refractivity contribution is -0.139. The van der Waals surface area contributed by atoms with E-state index in [1.807, 2.05) is 37.8 Å². The molecule has 2 aliphatic rings. The third-order valence-corrected chi connectivity index (χ3v) is 7.01. The number of carbonyl (C=O) groups excluding carboxylic acids is 3. The molecule has 0 aliphatic carbocycles. The highest BCUT2D eigenvalue weighted by Crippen LogP contribution is 2.32. The maximum absolute atomic E-state index is 13.9. The number of carbonyl (C=O) groups is 3. The van der Waals surface area contributed by atoms with Crippen LogP contribution >= 0.6 is 23.2 Å². The van der Waals surface area contributed by atoms with Gasteiger partial charge in [0.1, 0.15) is 17.0 Å². The van der Waals surface area contributed by atoms with Crippen LogP contribution in [0.3, 0.4) is 0 Å². The van der Waals surface area contributed by atoms with Crippen LogP contribution in [-0.4, -0.2) is 77.5 Å². The Bertz CT molecular complexity index is 888. The molecule has 0 saturated carbocycles. The molecule has 3 amide bonds. The van der Waals surface area contributed by atoms with E-state index in [-0.39, 0.29) is 23.8 Å². The molecule has 2 saturated heterocycles. The van der Waals surface area contributed by atoms with Crippen molar-refractivity contribution < 1.29 is 19.1 Å². The minimum Gasteiger partial charge on any atom is -0.444 e. The van der Waals surface area contributed by atoms with Crippen molar-refractivity contribution in [1.29, 1.82) is 0 Å². The zero-order chi connectivity index (χ0) is 25.6. The van der Waals surface area contributed by atoms with Crippen molar-refractivity contribution in [3.8, 4) is 0 Å². The Morgan fingerprint density at radius 1 is 1.03 bits per heavy atom. The number of amides is 3. The SMILES string of the molecule is CC(C)(C)OC(=O)N1CCC(Nc2ccc(Cl)cc2)(C(=O)N2CCC(CNC(=O)CCl)CC2)CC1. The number of alkyl halides is 1. The van der Waals surface area contributed by atoms with Gasteiger partial charge >= 0.3 is 6.09 Å². The average molecular weight is 527 g/mol. The van der Waals surface area contributed by atoms with Crippen molar-refractivity contribution >= 4 is 46.8 Å². The lowest BCUT2D eigenvalue weighted by atomic mass is 9.84. The van der Waals surface area contributed by atoms with Crippen molar-refractivity contribution in [2.45, 2.75) is 57.6 Å². The summed E-state index contributed by atoms with van der Waals surface area (Å²) in [6.45, 7) is 8.19. The summed E-state index contributed by atoms with van der Waals surface area (Å²) in [5.74, 6) is 0.143. The van der Waals surface area contributed by atoms with Gasteiger partial charge in [0.15, 0.2) is 0 Å². The third kappa shape index (κ3) is 7.64. The van der Waals surface area contributed by atoms with Gasteiger partial charge in [0.25, 0.3) is 0 Å². The molecule has 0 spiro atoms. The molecule has 0 unspecified atom stereocenters. The molecule has 0 atom stereocenters. The lowest BCUT2D eigenvalue weighted by Crippen LogP contribution is -2.61. The standard InChI is InChI=1S/C25H36Cl2N4O4/c1-24(2,3)35-23(34)31-14-10-25(11-15-31,29-20-6-4-19(27)5-7-20)22(33)30-12-8-18(9-13-30)17-28-21(32)16-26/h4-7,18,29H,8-17H2,1-3H3,(H,28,32). The minimum absolute atomic E-state index is 0.0412. The topological polar surface area (TPSA) is 91.0 Å². The maximum Gasteiger partial charge on any atom is 0.410 e. The first-order valence-electron chi connectivity index (χ1n) is 12.1. The van der Waals surface area contributed by atoms with Crippen LogP contribution in [0.1, 0.15) is 46.5 Å². The Morgan fingerprint density at radius 2 is 1.63 bits per heavy atom. The molecule has 8 nitrogen and oxygen atoms in total. The Kier molecular flexibility index (Phi) is 9.16. The van der Waals surface area contributed by atoms with Gasteiger partial charge in [0.05, 0.1) is 0 Å². The monoisotopic (exact) mass is 526 g/mol. The fourth-order valence-corrected chi connectivity index (χ4v) is 4.77. The van der Waals surface area contributed by atoms with Crippen LogP contribution in [0.2, 0.25) is 5.02 Å². The number of nitrogens with zero attached hydrogens (tertiary/aromatic N) is 2. The Labute approximate surface area is 217 Å². The van der Waals surface area contributed by atoms with E-state index in [9.17, 15) is 14.4 Å². The number of likely N-dealkylation sites (tertiary alicyclic amines) is 2. The summed E-state index contributed by atoms with van der Waals surface area (Å²) in [6.07, 6.45) is 2.22. The Hall–Kier alpha value is -2.19. The van der Waals surface area contributed by atoms with Crippen LogP contribution in [0, 0.1) is 5.92 Å². The highest BCUT2D eigenvalue weighted by atomic mass is 35.5. The molecule has 2 heterocycles. The smallest absolute Gasteiger partial charge is 0.410 e. The summed E-state index contributed by atoms with van der Waals surface area (Å²) in [5, 5.41) is 6.95. The molecular formula is C25H36Cl2N4O4. The molecule has 0 aromatic heterocycles. The van der Waals surface area contributed by atoms with E-state index in [1.165, 1.54) is 0 Å². The van der Waals surface area contributed by atoms with Gasteiger partial charge in [-0.15, -0.1) is 11.6 Å². The van der Waals surface area contributed by atoms with Crippen LogP contribution in [0.15, 0.2) is 24.3 Å². The largest absolute Gasteiger partial charge is 0.444 e. The van der Waals surface area contributed by atoms with Gasteiger partial charge < -0.3 is 25.2 Å². The van der Waals surface area contributed by atoms with Crippen LogP contribution in [0.4, 0.5) is 10.5 Å². The van der Waals surface area contributed by atoms with Gasteiger partial charge in [-0.1, -0.05) is 11.6 Å².